The third kappa shape index (κ3) is 3.68. The standard InChI is InChI=1S/C14H14FN3O2/c1-9(19)18-14-6-10(3-5-13(14)15)16-7-11-2-4-12(20)8-17-11/h2-6,8,16,20H,7H2,1H3,(H,18,19). The first-order valence-electron chi connectivity index (χ1n) is 5.99. The molecule has 6 heteroatoms. The van der Waals surface area contributed by atoms with E-state index in [9.17, 15) is 9.18 Å². The van der Waals surface area contributed by atoms with Crippen molar-refractivity contribution in [1.82, 2.24) is 4.98 Å². The summed E-state index contributed by atoms with van der Waals surface area (Å²) in [6.45, 7) is 1.74. The fourth-order valence-electron chi connectivity index (χ4n) is 1.63. The first kappa shape index (κ1) is 13.8. The maximum atomic E-state index is 13.5. The van der Waals surface area contributed by atoms with Gasteiger partial charge in [0.15, 0.2) is 0 Å². The molecule has 104 valence electrons. The van der Waals surface area contributed by atoms with Crippen molar-refractivity contribution < 1.29 is 14.3 Å². The molecule has 20 heavy (non-hydrogen) atoms. The second-order valence-corrected chi connectivity index (χ2v) is 4.24. The molecular weight excluding hydrogens is 261 g/mol. The van der Waals surface area contributed by atoms with Crippen LogP contribution in [0.25, 0.3) is 0 Å². The quantitative estimate of drug-likeness (QED) is 0.801. The Morgan fingerprint density at radius 3 is 2.80 bits per heavy atom. The summed E-state index contributed by atoms with van der Waals surface area (Å²) in [7, 11) is 0. The van der Waals surface area contributed by atoms with E-state index in [1.54, 1.807) is 12.1 Å². The smallest absolute Gasteiger partial charge is 0.221 e. The highest BCUT2D eigenvalue weighted by molar-refractivity contribution is 5.89. The fourth-order valence-corrected chi connectivity index (χ4v) is 1.63. The number of hydrogen-bond acceptors (Lipinski definition) is 4. The molecule has 0 atom stereocenters. The Hall–Kier alpha value is -2.63. The van der Waals surface area contributed by atoms with Gasteiger partial charge < -0.3 is 15.7 Å². The monoisotopic (exact) mass is 275 g/mol. The lowest BCUT2D eigenvalue weighted by Gasteiger charge is -2.09. The minimum Gasteiger partial charge on any atom is -0.506 e. The Kier molecular flexibility index (Phi) is 4.14. The first-order valence-corrected chi connectivity index (χ1v) is 5.99. The van der Waals surface area contributed by atoms with E-state index < -0.39 is 5.82 Å². The molecule has 0 spiro atoms. The minimum atomic E-state index is -0.492. The van der Waals surface area contributed by atoms with E-state index >= 15 is 0 Å². The normalized spacial score (nSPS) is 10.1. The summed E-state index contributed by atoms with van der Waals surface area (Å²) in [6.07, 6.45) is 1.35. The lowest BCUT2D eigenvalue weighted by Crippen LogP contribution is -2.08. The van der Waals surface area contributed by atoms with Gasteiger partial charge in [0.25, 0.3) is 0 Å². The van der Waals surface area contributed by atoms with Crippen molar-refractivity contribution in [3.8, 4) is 5.75 Å². The van der Waals surface area contributed by atoms with E-state index in [-0.39, 0.29) is 17.3 Å². The van der Waals surface area contributed by atoms with Crippen molar-refractivity contribution in [2.75, 3.05) is 10.6 Å². The number of rotatable bonds is 4. The molecule has 0 radical (unpaired) electrons. The summed E-state index contributed by atoms with van der Waals surface area (Å²) >= 11 is 0. The molecule has 2 rings (SSSR count). The van der Waals surface area contributed by atoms with E-state index in [1.165, 1.54) is 31.3 Å². The molecule has 0 bridgehead atoms. The molecule has 5 nitrogen and oxygen atoms in total. The summed E-state index contributed by atoms with van der Waals surface area (Å²) in [5.74, 6) is -0.724. The van der Waals surface area contributed by atoms with E-state index in [4.69, 9.17) is 5.11 Å². The Bertz CT molecular complexity index is 614. The zero-order valence-electron chi connectivity index (χ0n) is 10.9. The summed E-state index contributed by atoms with van der Waals surface area (Å²) in [5.41, 5.74) is 1.51. The molecule has 3 N–H and O–H groups in total. The number of nitrogens with zero attached hydrogens (tertiary/aromatic N) is 1. The second-order valence-electron chi connectivity index (χ2n) is 4.24. The summed E-state index contributed by atoms with van der Waals surface area (Å²) in [6, 6.07) is 7.58. The van der Waals surface area contributed by atoms with E-state index in [1.807, 2.05) is 0 Å². The van der Waals surface area contributed by atoms with Crippen LogP contribution in [0.3, 0.4) is 0 Å². The Morgan fingerprint density at radius 2 is 2.15 bits per heavy atom. The van der Waals surface area contributed by atoms with Crippen LogP contribution >= 0.6 is 0 Å². The topological polar surface area (TPSA) is 74.2 Å². The molecule has 1 aromatic carbocycles. The van der Waals surface area contributed by atoms with Gasteiger partial charge in [0, 0.05) is 12.6 Å². The molecule has 0 aliphatic heterocycles. The van der Waals surface area contributed by atoms with Crippen LogP contribution in [0.5, 0.6) is 5.75 Å². The second kappa shape index (κ2) is 6.01. The Balaban J connectivity index is 2.06. The highest BCUT2D eigenvalue weighted by Crippen LogP contribution is 2.20. The Morgan fingerprint density at radius 1 is 1.35 bits per heavy atom. The summed E-state index contributed by atoms with van der Waals surface area (Å²) < 4.78 is 13.5. The number of hydrogen-bond donors (Lipinski definition) is 3. The van der Waals surface area contributed by atoms with Gasteiger partial charge in [-0.05, 0) is 30.3 Å². The largest absolute Gasteiger partial charge is 0.506 e. The number of benzene rings is 1. The third-order valence-corrected chi connectivity index (χ3v) is 2.56. The van der Waals surface area contributed by atoms with Crippen LogP contribution < -0.4 is 10.6 Å². The third-order valence-electron chi connectivity index (χ3n) is 2.56. The lowest BCUT2D eigenvalue weighted by atomic mass is 10.2. The average Bonchev–Trinajstić information content (AvgIpc) is 2.41. The van der Waals surface area contributed by atoms with Crippen LogP contribution in [0, 0.1) is 5.82 Å². The number of nitrogens with one attached hydrogen (secondary N) is 2. The number of anilines is 2. The molecule has 1 heterocycles. The van der Waals surface area contributed by atoms with Crippen molar-refractivity contribution >= 4 is 17.3 Å². The number of amides is 1. The van der Waals surface area contributed by atoms with Crippen molar-refractivity contribution in [2.45, 2.75) is 13.5 Å². The van der Waals surface area contributed by atoms with Gasteiger partial charge >= 0.3 is 0 Å². The molecule has 1 aromatic heterocycles. The van der Waals surface area contributed by atoms with Crippen LogP contribution in [-0.4, -0.2) is 16.0 Å². The van der Waals surface area contributed by atoms with Gasteiger partial charge in [-0.25, -0.2) is 4.39 Å². The van der Waals surface area contributed by atoms with Crippen LogP contribution in [0.1, 0.15) is 12.6 Å². The van der Waals surface area contributed by atoms with Gasteiger partial charge in [-0.3, -0.25) is 9.78 Å². The van der Waals surface area contributed by atoms with Crippen molar-refractivity contribution in [1.29, 1.82) is 0 Å². The molecule has 0 aliphatic carbocycles. The highest BCUT2D eigenvalue weighted by atomic mass is 19.1. The Labute approximate surface area is 115 Å². The average molecular weight is 275 g/mol. The predicted molar refractivity (Wildman–Crippen MR) is 73.9 cm³/mol. The molecule has 0 saturated heterocycles. The SMILES string of the molecule is CC(=O)Nc1cc(NCc2ccc(O)cn2)ccc1F. The maximum Gasteiger partial charge on any atom is 0.221 e. The van der Waals surface area contributed by atoms with Crippen LogP contribution in [0.15, 0.2) is 36.5 Å². The lowest BCUT2D eigenvalue weighted by molar-refractivity contribution is -0.114. The number of halogens is 1. The van der Waals surface area contributed by atoms with E-state index in [2.05, 4.69) is 15.6 Å². The maximum absolute atomic E-state index is 13.5. The van der Waals surface area contributed by atoms with Crippen LogP contribution in [0.4, 0.5) is 15.8 Å². The molecule has 2 aromatic rings. The van der Waals surface area contributed by atoms with Gasteiger partial charge in [0.2, 0.25) is 5.91 Å². The van der Waals surface area contributed by atoms with Crippen molar-refractivity contribution in [2.24, 2.45) is 0 Å². The number of pyridine rings is 1. The van der Waals surface area contributed by atoms with Gasteiger partial charge in [-0.1, -0.05) is 0 Å². The number of aromatic hydroxyl groups is 1. The molecular formula is C14H14FN3O2. The zero-order chi connectivity index (χ0) is 14.5. The van der Waals surface area contributed by atoms with Gasteiger partial charge in [0.1, 0.15) is 11.6 Å². The van der Waals surface area contributed by atoms with Crippen LogP contribution in [-0.2, 0) is 11.3 Å². The first-order chi connectivity index (χ1) is 9.54. The zero-order valence-corrected chi connectivity index (χ0v) is 10.9. The summed E-state index contributed by atoms with van der Waals surface area (Å²) in [5, 5.41) is 14.6. The van der Waals surface area contributed by atoms with Crippen molar-refractivity contribution in [3.05, 3.63) is 48.0 Å². The number of aromatic nitrogens is 1. The van der Waals surface area contributed by atoms with Gasteiger partial charge in [-0.15, -0.1) is 0 Å². The molecule has 0 unspecified atom stereocenters. The van der Waals surface area contributed by atoms with Gasteiger partial charge in [0.05, 0.1) is 24.1 Å². The summed E-state index contributed by atoms with van der Waals surface area (Å²) in [4.78, 5) is 15.0. The molecule has 1 amide bonds. The van der Waals surface area contributed by atoms with Crippen molar-refractivity contribution in [3.63, 3.8) is 0 Å². The highest BCUT2D eigenvalue weighted by Gasteiger charge is 2.05. The van der Waals surface area contributed by atoms with Gasteiger partial charge in [-0.2, -0.15) is 0 Å². The van der Waals surface area contributed by atoms with E-state index in [0.717, 1.165) is 5.69 Å². The number of carbonyl (C=O) groups is 1. The molecule has 0 aliphatic rings. The fraction of sp³-hybridized carbons (Fsp3) is 0.143. The molecule has 0 fully saturated rings. The minimum absolute atomic E-state index is 0.100. The van der Waals surface area contributed by atoms with E-state index in [0.29, 0.717) is 12.2 Å². The number of carbonyl (C=O) groups excluding carboxylic acids is 1. The molecule has 0 saturated carbocycles. The predicted octanol–water partition coefficient (Wildman–Crippen LogP) is 2.50. The van der Waals surface area contributed by atoms with Crippen LogP contribution in [0.2, 0.25) is 0 Å².